The zero-order valence-corrected chi connectivity index (χ0v) is 19.4. The predicted octanol–water partition coefficient (Wildman–Crippen LogP) is 5.78. The summed E-state index contributed by atoms with van der Waals surface area (Å²) in [5, 5.41) is 6.11. The van der Waals surface area contributed by atoms with E-state index < -0.39 is 11.7 Å². The lowest BCUT2D eigenvalue weighted by atomic mass is 10.2. The Kier molecular flexibility index (Phi) is 7.31. The molecular weight excluding hydrogens is 495 g/mol. The van der Waals surface area contributed by atoms with Gasteiger partial charge in [-0.15, -0.1) is 6.42 Å². The molecule has 0 saturated carbocycles. The second kappa shape index (κ2) is 10.6. The Morgan fingerprint density at radius 2 is 2.00 bits per heavy atom. The van der Waals surface area contributed by atoms with Gasteiger partial charge in [0.1, 0.15) is 23.3 Å². The van der Waals surface area contributed by atoms with E-state index in [4.69, 9.17) is 22.8 Å². The normalized spacial score (nSPS) is 11.2. The van der Waals surface area contributed by atoms with Gasteiger partial charge in [-0.2, -0.15) is 13.2 Å². The fourth-order valence-corrected chi connectivity index (χ4v) is 3.66. The van der Waals surface area contributed by atoms with Crippen molar-refractivity contribution in [3.8, 4) is 23.8 Å². The highest BCUT2D eigenvalue weighted by Crippen LogP contribution is 2.36. The number of ether oxygens (including phenoxy) is 1. The molecule has 0 fully saturated rings. The summed E-state index contributed by atoms with van der Waals surface area (Å²) in [6.45, 7) is 0.832. The third-order valence-corrected chi connectivity index (χ3v) is 5.37. The summed E-state index contributed by atoms with van der Waals surface area (Å²) >= 11 is 6.35. The largest absolute Gasteiger partial charge is 0.456 e. The molecule has 0 unspecified atom stereocenters. The number of carbonyl (C=O) groups excluding carboxylic acids is 1. The molecule has 0 aliphatic carbocycles. The van der Waals surface area contributed by atoms with E-state index in [1.807, 2.05) is 16.8 Å². The Balaban J connectivity index is 1.51. The van der Waals surface area contributed by atoms with E-state index in [9.17, 15) is 18.0 Å². The van der Waals surface area contributed by atoms with E-state index in [-0.39, 0.29) is 28.8 Å². The van der Waals surface area contributed by atoms with Crippen LogP contribution < -0.4 is 15.4 Å². The number of carbonyl (C=O) groups is 1. The van der Waals surface area contributed by atoms with Gasteiger partial charge in [0.25, 0.3) is 0 Å². The summed E-state index contributed by atoms with van der Waals surface area (Å²) in [6, 6.07) is 11.2. The minimum atomic E-state index is -4.48. The van der Waals surface area contributed by atoms with Gasteiger partial charge in [-0.05, 0) is 42.5 Å². The number of anilines is 2. The molecule has 4 aromatic rings. The number of aromatic nitrogens is 3. The second-order valence-electron chi connectivity index (χ2n) is 7.59. The van der Waals surface area contributed by atoms with Crippen LogP contribution >= 0.6 is 11.6 Å². The van der Waals surface area contributed by atoms with Crippen LogP contribution in [0.3, 0.4) is 0 Å². The lowest BCUT2D eigenvalue weighted by Gasteiger charge is -2.13. The van der Waals surface area contributed by atoms with Crippen LogP contribution in [-0.4, -0.2) is 27.0 Å². The van der Waals surface area contributed by atoms with Crippen LogP contribution in [0.1, 0.15) is 12.0 Å². The van der Waals surface area contributed by atoms with Crippen LogP contribution in [0.4, 0.5) is 24.7 Å². The summed E-state index contributed by atoms with van der Waals surface area (Å²) in [5.41, 5.74) is 1.16. The standard InChI is InChI=1S/C25H19ClF3N5O2/c1-2-4-22(35)30-10-12-34-11-9-20-23(34)24(32-15-31-20)33-17-7-8-21(19(26)14-17)36-18-6-3-5-16(13-18)25(27,28)29/h1,3,5-9,11,13-15H,4,10,12H2,(H,30,35)(H,31,32,33). The lowest BCUT2D eigenvalue weighted by Crippen LogP contribution is -2.26. The van der Waals surface area contributed by atoms with E-state index >= 15 is 0 Å². The quantitative estimate of drug-likeness (QED) is 0.292. The first-order chi connectivity index (χ1) is 17.2. The number of terminal acetylenes is 1. The Morgan fingerprint density at radius 1 is 1.17 bits per heavy atom. The average Bonchev–Trinajstić information content (AvgIpc) is 3.25. The maximum absolute atomic E-state index is 13.0. The smallest absolute Gasteiger partial charge is 0.416 e. The summed E-state index contributed by atoms with van der Waals surface area (Å²) in [4.78, 5) is 20.2. The van der Waals surface area contributed by atoms with Crippen molar-refractivity contribution >= 4 is 40.0 Å². The number of nitrogens with zero attached hydrogens (tertiary/aromatic N) is 3. The molecule has 4 rings (SSSR count). The van der Waals surface area contributed by atoms with Gasteiger partial charge in [-0.1, -0.05) is 23.6 Å². The summed E-state index contributed by atoms with van der Waals surface area (Å²) in [6.07, 6.45) is 3.92. The van der Waals surface area contributed by atoms with Crippen LogP contribution in [0, 0.1) is 12.3 Å². The van der Waals surface area contributed by atoms with E-state index in [0.717, 1.165) is 12.1 Å². The number of fused-ring (bicyclic) bond motifs is 1. The highest BCUT2D eigenvalue weighted by molar-refractivity contribution is 6.32. The molecule has 0 aliphatic heterocycles. The third kappa shape index (κ3) is 5.87. The van der Waals surface area contributed by atoms with Gasteiger partial charge < -0.3 is 19.9 Å². The highest BCUT2D eigenvalue weighted by Gasteiger charge is 2.30. The minimum Gasteiger partial charge on any atom is -0.456 e. The first-order valence-electron chi connectivity index (χ1n) is 10.7. The summed E-state index contributed by atoms with van der Waals surface area (Å²) in [5.74, 6) is 2.77. The molecule has 0 saturated heterocycles. The minimum absolute atomic E-state index is 0.0105. The van der Waals surface area contributed by atoms with E-state index in [0.29, 0.717) is 35.6 Å². The first kappa shape index (κ1) is 24.9. The van der Waals surface area contributed by atoms with E-state index in [2.05, 4.69) is 26.5 Å². The number of alkyl halides is 3. The molecule has 184 valence electrons. The molecule has 1 amide bonds. The van der Waals surface area contributed by atoms with Crippen LogP contribution in [0.2, 0.25) is 5.02 Å². The molecule has 2 aromatic carbocycles. The molecule has 7 nitrogen and oxygen atoms in total. The van der Waals surface area contributed by atoms with Gasteiger partial charge in [-0.3, -0.25) is 4.79 Å². The van der Waals surface area contributed by atoms with Crippen molar-refractivity contribution in [1.82, 2.24) is 19.9 Å². The maximum Gasteiger partial charge on any atom is 0.416 e. The van der Waals surface area contributed by atoms with Gasteiger partial charge in [-0.25, -0.2) is 9.97 Å². The van der Waals surface area contributed by atoms with Crippen molar-refractivity contribution in [1.29, 1.82) is 0 Å². The van der Waals surface area contributed by atoms with E-state index in [1.165, 1.54) is 18.5 Å². The fourth-order valence-electron chi connectivity index (χ4n) is 3.44. The van der Waals surface area contributed by atoms with Crippen molar-refractivity contribution in [2.75, 3.05) is 11.9 Å². The van der Waals surface area contributed by atoms with Crippen molar-refractivity contribution in [3.05, 3.63) is 71.6 Å². The molecule has 2 N–H and O–H groups in total. The molecule has 0 aliphatic rings. The molecule has 0 atom stereocenters. The number of hydrogen-bond acceptors (Lipinski definition) is 5. The van der Waals surface area contributed by atoms with Crippen molar-refractivity contribution in [3.63, 3.8) is 0 Å². The number of benzene rings is 2. The van der Waals surface area contributed by atoms with Crippen LogP contribution in [0.25, 0.3) is 11.0 Å². The molecule has 11 heteroatoms. The van der Waals surface area contributed by atoms with Crippen LogP contribution in [0.15, 0.2) is 61.1 Å². The number of rotatable bonds is 8. The Hall–Kier alpha value is -4.23. The number of hydrogen-bond donors (Lipinski definition) is 2. The second-order valence-corrected chi connectivity index (χ2v) is 8.00. The van der Waals surface area contributed by atoms with Crippen LogP contribution in [-0.2, 0) is 17.5 Å². The third-order valence-electron chi connectivity index (χ3n) is 5.07. The SMILES string of the molecule is C#CCC(=O)NCCn1ccc2ncnc(Nc3ccc(Oc4cccc(C(F)(F)F)c4)c(Cl)c3)c21. The molecule has 36 heavy (non-hydrogen) atoms. The van der Waals surface area contributed by atoms with Gasteiger partial charge in [0.2, 0.25) is 5.91 Å². The number of amides is 1. The fraction of sp³-hybridized carbons (Fsp3) is 0.160. The van der Waals surface area contributed by atoms with Gasteiger partial charge in [0, 0.05) is 25.0 Å². The Morgan fingerprint density at radius 3 is 2.75 bits per heavy atom. The Bertz CT molecular complexity index is 1450. The molecule has 0 spiro atoms. The monoisotopic (exact) mass is 513 g/mol. The van der Waals surface area contributed by atoms with Crippen molar-refractivity contribution < 1.29 is 22.7 Å². The molecule has 2 aromatic heterocycles. The molecular formula is C25H19ClF3N5O2. The van der Waals surface area contributed by atoms with Gasteiger partial charge in [0.05, 0.1) is 22.5 Å². The molecule has 0 radical (unpaired) electrons. The average molecular weight is 514 g/mol. The molecule has 0 bridgehead atoms. The van der Waals surface area contributed by atoms with Crippen LogP contribution in [0.5, 0.6) is 11.5 Å². The Labute approximate surface area is 209 Å². The van der Waals surface area contributed by atoms with Crippen molar-refractivity contribution in [2.45, 2.75) is 19.1 Å². The van der Waals surface area contributed by atoms with Gasteiger partial charge in [0.15, 0.2) is 5.82 Å². The van der Waals surface area contributed by atoms with Crippen molar-refractivity contribution in [2.24, 2.45) is 0 Å². The lowest BCUT2D eigenvalue weighted by molar-refractivity contribution is -0.137. The number of halogens is 4. The maximum atomic E-state index is 13.0. The zero-order valence-electron chi connectivity index (χ0n) is 18.6. The first-order valence-corrected chi connectivity index (χ1v) is 11.0. The molecule has 2 heterocycles. The van der Waals surface area contributed by atoms with E-state index in [1.54, 1.807) is 18.2 Å². The predicted molar refractivity (Wildman–Crippen MR) is 130 cm³/mol. The highest BCUT2D eigenvalue weighted by atomic mass is 35.5. The zero-order chi connectivity index (χ0) is 25.7. The van der Waals surface area contributed by atoms with Gasteiger partial charge >= 0.3 is 6.18 Å². The summed E-state index contributed by atoms with van der Waals surface area (Å²) < 4.78 is 46.4. The number of nitrogens with one attached hydrogen (secondary N) is 2. The topological polar surface area (TPSA) is 81.1 Å². The summed E-state index contributed by atoms with van der Waals surface area (Å²) in [7, 11) is 0.